The summed E-state index contributed by atoms with van der Waals surface area (Å²) in [4.78, 5) is 0. The summed E-state index contributed by atoms with van der Waals surface area (Å²) >= 11 is 0. The van der Waals surface area contributed by atoms with Crippen molar-refractivity contribution >= 4 is 0 Å². The van der Waals surface area contributed by atoms with Gasteiger partial charge in [0.15, 0.2) is 0 Å². The van der Waals surface area contributed by atoms with E-state index >= 15 is 0 Å². The zero-order chi connectivity index (χ0) is 15.2. The van der Waals surface area contributed by atoms with Crippen LogP contribution in [0.15, 0.2) is 61.7 Å². The summed E-state index contributed by atoms with van der Waals surface area (Å²) in [5.74, 6) is 0. The lowest BCUT2D eigenvalue weighted by atomic mass is 9.71. The Morgan fingerprint density at radius 3 is 1.45 bits per heavy atom. The van der Waals surface area contributed by atoms with Gasteiger partial charge in [0.25, 0.3) is 0 Å². The molecule has 2 aromatic rings. The Balaban J connectivity index is 0.000000956. The molecule has 0 aliphatic carbocycles. The fourth-order valence-electron chi connectivity index (χ4n) is 2.91. The molecule has 0 aromatic heterocycles. The van der Waals surface area contributed by atoms with E-state index in [1.807, 2.05) is 0 Å². The molecule has 0 unspecified atom stereocenters. The zero-order valence-corrected chi connectivity index (χ0v) is 13.2. The second kappa shape index (κ2) is 7.09. The largest absolute Gasteiger partial charge is 0.106 e. The molecule has 0 amide bonds. The third-order valence-corrected chi connectivity index (χ3v) is 4.19. The molecule has 0 spiro atoms. The summed E-state index contributed by atoms with van der Waals surface area (Å²) in [5, 5.41) is 0. The van der Waals surface area contributed by atoms with Gasteiger partial charge in [-0.05, 0) is 42.5 Å². The van der Waals surface area contributed by atoms with Gasteiger partial charge in [0.05, 0.1) is 0 Å². The molecule has 0 saturated heterocycles. The van der Waals surface area contributed by atoms with Crippen LogP contribution in [0.2, 0.25) is 0 Å². The number of hydrogen-bond acceptors (Lipinski definition) is 0. The normalized spacial score (nSPS) is 10.6. The van der Waals surface area contributed by atoms with E-state index in [9.17, 15) is 0 Å². The lowest BCUT2D eigenvalue weighted by molar-refractivity contribution is 0.543. The molecule has 0 aliphatic heterocycles. The molecular weight excluding hydrogens is 240 g/mol. The minimum absolute atomic E-state index is 0.108. The Labute approximate surface area is 124 Å². The second-order valence-electron chi connectivity index (χ2n) is 5.32. The average Bonchev–Trinajstić information content (AvgIpc) is 2.49. The van der Waals surface area contributed by atoms with Crippen LogP contribution in [0.3, 0.4) is 0 Å². The molecule has 0 radical (unpaired) electrons. The summed E-state index contributed by atoms with van der Waals surface area (Å²) in [5.41, 5.74) is 5.76. The SMILES string of the molecule is C=C.CCC(C)(c1ccccc1C)c1ccccc1C. The van der Waals surface area contributed by atoms with Gasteiger partial charge in [-0.3, -0.25) is 0 Å². The first-order valence-corrected chi connectivity index (χ1v) is 7.22. The van der Waals surface area contributed by atoms with Gasteiger partial charge in [-0.1, -0.05) is 62.4 Å². The van der Waals surface area contributed by atoms with Crippen LogP contribution in [0.5, 0.6) is 0 Å². The summed E-state index contributed by atoms with van der Waals surface area (Å²) in [6.07, 6.45) is 1.11. The first-order chi connectivity index (χ1) is 9.59. The topological polar surface area (TPSA) is 0 Å². The Morgan fingerprint density at radius 2 is 1.15 bits per heavy atom. The van der Waals surface area contributed by atoms with E-state index in [1.165, 1.54) is 22.3 Å². The second-order valence-corrected chi connectivity index (χ2v) is 5.32. The van der Waals surface area contributed by atoms with Crippen molar-refractivity contribution in [3.63, 3.8) is 0 Å². The molecule has 0 heteroatoms. The first-order valence-electron chi connectivity index (χ1n) is 7.22. The molecular formula is C20H26. The van der Waals surface area contributed by atoms with E-state index in [2.05, 4.69) is 89.4 Å². The first kappa shape index (κ1) is 16.2. The van der Waals surface area contributed by atoms with E-state index in [0.29, 0.717) is 0 Å². The minimum Gasteiger partial charge on any atom is -0.106 e. The quantitative estimate of drug-likeness (QED) is 0.614. The molecule has 0 nitrogen and oxygen atoms in total. The smallest absolute Gasteiger partial charge is 0.0177 e. The minimum atomic E-state index is 0.108. The molecule has 106 valence electrons. The summed E-state index contributed by atoms with van der Waals surface area (Å²) in [6, 6.07) is 17.5. The molecule has 2 aromatic carbocycles. The lowest BCUT2D eigenvalue weighted by Gasteiger charge is -2.32. The van der Waals surface area contributed by atoms with Crippen molar-refractivity contribution in [2.75, 3.05) is 0 Å². The fourth-order valence-corrected chi connectivity index (χ4v) is 2.91. The molecule has 2 rings (SSSR count). The molecule has 0 fully saturated rings. The monoisotopic (exact) mass is 266 g/mol. The van der Waals surface area contributed by atoms with E-state index in [0.717, 1.165) is 6.42 Å². The molecule has 0 bridgehead atoms. The Hall–Kier alpha value is -1.82. The van der Waals surface area contributed by atoms with Crippen molar-refractivity contribution in [1.29, 1.82) is 0 Å². The highest BCUT2D eigenvalue weighted by Crippen LogP contribution is 2.38. The predicted molar refractivity (Wildman–Crippen MR) is 90.4 cm³/mol. The van der Waals surface area contributed by atoms with E-state index < -0.39 is 0 Å². The summed E-state index contributed by atoms with van der Waals surface area (Å²) in [7, 11) is 0. The van der Waals surface area contributed by atoms with Crippen LogP contribution in [0.4, 0.5) is 0 Å². The van der Waals surface area contributed by atoms with Crippen LogP contribution >= 0.6 is 0 Å². The fraction of sp³-hybridized carbons (Fsp3) is 0.300. The lowest BCUT2D eigenvalue weighted by Crippen LogP contribution is -2.24. The zero-order valence-electron chi connectivity index (χ0n) is 13.2. The van der Waals surface area contributed by atoms with E-state index in [4.69, 9.17) is 0 Å². The summed E-state index contributed by atoms with van der Waals surface area (Å²) in [6.45, 7) is 15.1. The van der Waals surface area contributed by atoms with Crippen molar-refractivity contribution < 1.29 is 0 Å². The molecule has 20 heavy (non-hydrogen) atoms. The Morgan fingerprint density at radius 1 is 0.800 bits per heavy atom. The number of rotatable bonds is 3. The number of benzene rings is 2. The van der Waals surface area contributed by atoms with Gasteiger partial charge < -0.3 is 0 Å². The highest BCUT2D eigenvalue weighted by atomic mass is 14.3. The molecule has 0 atom stereocenters. The molecule has 0 saturated carbocycles. The van der Waals surface area contributed by atoms with Crippen LogP contribution in [-0.4, -0.2) is 0 Å². The number of aryl methyl sites for hydroxylation is 2. The van der Waals surface area contributed by atoms with Crippen LogP contribution in [-0.2, 0) is 5.41 Å². The van der Waals surface area contributed by atoms with Gasteiger partial charge >= 0.3 is 0 Å². The molecule has 0 heterocycles. The van der Waals surface area contributed by atoms with Gasteiger partial charge in [0, 0.05) is 5.41 Å². The van der Waals surface area contributed by atoms with Crippen LogP contribution in [0.25, 0.3) is 0 Å². The average molecular weight is 266 g/mol. The van der Waals surface area contributed by atoms with Crippen molar-refractivity contribution in [3.8, 4) is 0 Å². The molecule has 0 N–H and O–H groups in total. The van der Waals surface area contributed by atoms with Crippen molar-refractivity contribution in [2.24, 2.45) is 0 Å². The third-order valence-electron chi connectivity index (χ3n) is 4.19. The number of hydrogen-bond donors (Lipinski definition) is 0. The van der Waals surface area contributed by atoms with Gasteiger partial charge in [0.2, 0.25) is 0 Å². The Bertz CT molecular complexity index is 506. The maximum atomic E-state index is 3.00. The van der Waals surface area contributed by atoms with Gasteiger partial charge in [-0.2, -0.15) is 0 Å². The summed E-state index contributed by atoms with van der Waals surface area (Å²) < 4.78 is 0. The van der Waals surface area contributed by atoms with Crippen LogP contribution in [0, 0.1) is 13.8 Å². The maximum Gasteiger partial charge on any atom is 0.0177 e. The van der Waals surface area contributed by atoms with Crippen LogP contribution in [0.1, 0.15) is 42.5 Å². The van der Waals surface area contributed by atoms with E-state index in [1.54, 1.807) is 0 Å². The van der Waals surface area contributed by atoms with Crippen LogP contribution < -0.4 is 0 Å². The van der Waals surface area contributed by atoms with Gasteiger partial charge in [0.1, 0.15) is 0 Å². The predicted octanol–water partition coefficient (Wildman–Crippen LogP) is 5.82. The van der Waals surface area contributed by atoms with Crippen molar-refractivity contribution in [2.45, 2.75) is 39.5 Å². The van der Waals surface area contributed by atoms with Gasteiger partial charge in [-0.15, -0.1) is 13.2 Å². The Kier molecular flexibility index (Phi) is 5.76. The van der Waals surface area contributed by atoms with Crippen molar-refractivity contribution in [1.82, 2.24) is 0 Å². The molecule has 0 aliphatic rings. The highest BCUT2D eigenvalue weighted by Gasteiger charge is 2.29. The van der Waals surface area contributed by atoms with Crippen molar-refractivity contribution in [3.05, 3.63) is 83.9 Å². The highest BCUT2D eigenvalue weighted by molar-refractivity contribution is 5.45. The third kappa shape index (κ3) is 3.01. The van der Waals surface area contributed by atoms with Gasteiger partial charge in [-0.25, -0.2) is 0 Å². The standard InChI is InChI=1S/C18H22.C2H4/c1-5-18(4,16-12-8-6-10-14(16)2)17-13-9-7-11-15(17)3;1-2/h6-13H,5H2,1-4H3;1-2H2. The maximum absolute atomic E-state index is 3.00. The van der Waals surface area contributed by atoms with E-state index in [-0.39, 0.29) is 5.41 Å².